The van der Waals surface area contributed by atoms with Crippen molar-refractivity contribution in [2.45, 2.75) is 70.6 Å². The smallest absolute Gasteiger partial charge is 0.325 e. The first-order chi connectivity index (χ1) is 15.4. The Morgan fingerprint density at radius 3 is 2.12 bits per heavy atom. The molecule has 0 aliphatic rings. The number of carbonyl (C=O) groups is 5. The normalized spacial score (nSPS) is 14.6. The van der Waals surface area contributed by atoms with Crippen LogP contribution in [0.3, 0.4) is 0 Å². The highest BCUT2D eigenvalue weighted by atomic mass is 16.4. The molecule has 13 nitrogen and oxygen atoms in total. The van der Waals surface area contributed by atoms with E-state index in [1.807, 2.05) is 13.8 Å². The van der Waals surface area contributed by atoms with Crippen LogP contribution >= 0.6 is 0 Å². The van der Waals surface area contributed by atoms with E-state index in [9.17, 15) is 24.0 Å². The van der Waals surface area contributed by atoms with Crippen molar-refractivity contribution in [3.05, 3.63) is 18.2 Å². The van der Waals surface area contributed by atoms with E-state index in [0.717, 1.165) is 0 Å². The maximum Gasteiger partial charge on any atom is 0.325 e. The maximum atomic E-state index is 12.9. The summed E-state index contributed by atoms with van der Waals surface area (Å²) in [7, 11) is 0. The summed E-state index contributed by atoms with van der Waals surface area (Å²) in [5.74, 6) is -4.63. The Morgan fingerprint density at radius 1 is 1.00 bits per heavy atom. The van der Waals surface area contributed by atoms with Crippen molar-refractivity contribution in [1.82, 2.24) is 25.9 Å². The number of carboxylic acid groups (broad SMARTS) is 2. The minimum absolute atomic E-state index is 0.0109. The third-order valence-corrected chi connectivity index (χ3v) is 4.68. The molecule has 33 heavy (non-hydrogen) atoms. The number of hydrogen-bond donors (Lipinski definition) is 7. The van der Waals surface area contributed by atoms with Crippen LogP contribution in [0.1, 0.15) is 45.7 Å². The molecule has 0 aromatic carbocycles. The summed E-state index contributed by atoms with van der Waals surface area (Å²) in [6, 6.07) is -4.55. The fourth-order valence-electron chi connectivity index (χ4n) is 2.89. The molecule has 0 bridgehead atoms. The number of aromatic nitrogens is 2. The molecule has 0 spiro atoms. The molecule has 1 heterocycles. The van der Waals surface area contributed by atoms with E-state index >= 15 is 0 Å². The molecule has 8 N–H and O–H groups in total. The molecule has 13 heteroatoms. The minimum Gasteiger partial charge on any atom is -0.481 e. The number of nitrogens with zero attached hydrogens (tertiary/aromatic N) is 1. The monoisotopic (exact) mass is 468 g/mol. The second kappa shape index (κ2) is 13.2. The fraction of sp³-hybridized carbons (Fsp3) is 0.600. The number of imidazole rings is 1. The molecule has 1 rings (SSSR count). The zero-order valence-electron chi connectivity index (χ0n) is 18.8. The summed E-state index contributed by atoms with van der Waals surface area (Å²) in [5, 5.41) is 25.1. The Bertz CT molecular complexity index is 827. The van der Waals surface area contributed by atoms with Gasteiger partial charge in [0.2, 0.25) is 17.7 Å². The molecule has 4 unspecified atom stereocenters. The first kappa shape index (κ1) is 27.6. The van der Waals surface area contributed by atoms with Gasteiger partial charge in [-0.15, -0.1) is 0 Å². The van der Waals surface area contributed by atoms with Crippen molar-refractivity contribution < 1.29 is 34.2 Å². The molecule has 0 aliphatic heterocycles. The number of aromatic amines is 1. The summed E-state index contributed by atoms with van der Waals surface area (Å²) < 4.78 is 0. The van der Waals surface area contributed by atoms with Gasteiger partial charge in [-0.2, -0.15) is 0 Å². The molecule has 1 aromatic heterocycles. The van der Waals surface area contributed by atoms with E-state index in [-0.39, 0.29) is 25.2 Å². The maximum absolute atomic E-state index is 12.9. The number of amides is 3. The number of carbonyl (C=O) groups excluding carboxylic acids is 3. The molecular weight excluding hydrogens is 436 g/mol. The van der Waals surface area contributed by atoms with E-state index in [2.05, 4.69) is 25.9 Å². The second-order valence-electron chi connectivity index (χ2n) is 8.14. The fourth-order valence-corrected chi connectivity index (χ4v) is 2.89. The number of H-pyrrole nitrogens is 1. The van der Waals surface area contributed by atoms with Crippen LogP contribution in [0.5, 0.6) is 0 Å². The van der Waals surface area contributed by atoms with Crippen LogP contribution in [0.15, 0.2) is 12.5 Å². The van der Waals surface area contributed by atoms with Gasteiger partial charge in [0.1, 0.15) is 18.1 Å². The van der Waals surface area contributed by atoms with E-state index in [1.54, 1.807) is 0 Å². The highest BCUT2D eigenvalue weighted by Gasteiger charge is 2.30. The molecule has 4 atom stereocenters. The van der Waals surface area contributed by atoms with Crippen LogP contribution in [-0.2, 0) is 30.4 Å². The Kier molecular flexibility index (Phi) is 11.0. The third-order valence-electron chi connectivity index (χ3n) is 4.68. The van der Waals surface area contributed by atoms with E-state index in [0.29, 0.717) is 5.69 Å². The Balaban J connectivity index is 2.90. The van der Waals surface area contributed by atoms with Gasteiger partial charge in [-0.1, -0.05) is 13.8 Å². The van der Waals surface area contributed by atoms with Crippen molar-refractivity contribution in [3.63, 3.8) is 0 Å². The van der Waals surface area contributed by atoms with Gasteiger partial charge in [-0.25, -0.2) is 4.98 Å². The molecule has 0 saturated carbocycles. The standard InChI is InChI=1S/C20H32N6O7/c1-10(2)6-15(26-17(29)13(21)7-12-8-22-9-23-12)19(31)25-14(4-5-16(27)28)18(30)24-11(3)20(32)33/h8-11,13-15H,4-7,21H2,1-3H3,(H,22,23)(H,24,30)(H,25,31)(H,26,29)(H,27,28)(H,32,33). The summed E-state index contributed by atoms with van der Waals surface area (Å²) in [5.41, 5.74) is 6.56. The molecule has 0 aliphatic carbocycles. The molecular formula is C20H32N6O7. The average Bonchev–Trinajstić information content (AvgIpc) is 3.22. The lowest BCUT2D eigenvalue weighted by Crippen LogP contribution is -2.57. The van der Waals surface area contributed by atoms with Crippen LogP contribution in [0.2, 0.25) is 0 Å². The lowest BCUT2D eigenvalue weighted by Gasteiger charge is -2.25. The summed E-state index contributed by atoms with van der Waals surface area (Å²) in [4.78, 5) is 66.6. The van der Waals surface area contributed by atoms with Gasteiger partial charge in [0.05, 0.1) is 12.4 Å². The van der Waals surface area contributed by atoms with Crippen LogP contribution < -0.4 is 21.7 Å². The minimum atomic E-state index is -1.30. The van der Waals surface area contributed by atoms with Gasteiger partial charge in [-0.3, -0.25) is 24.0 Å². The van der Waals surface area contributed by atoms with E-state index < -0.39 is 60.2 Å². The lowest BCUT2D eigenvalue weighted by molar-refractivity contribution is -0.142. The summed E-state index contributed by atoms with van der Waals surface area (Å²) in [6.07, 6.45) is 2.67. The average molecular weight is 469 g/mol. The number of carboxylic acids is 2. The van der Waals surface area contributed by atoms with Crippen molar-refractivity contribution in [1.29, 1.82) is 0 Å². The Hall–Kier alpha value is -3.48. The van der Waals surface area contributed by atoms with Crippen LogP contribution in [0.25, 0.3) is 0 Å². The first-order valence-corrected chi connectivity index (χ1v) is 10.5. The van der Waals surface area contributed by atoms with Crippen LogP contribution in [0, 0.1) is 5.92 Å². The molecule has 3 amide bonds. The van der Waals surface area contributed by atoms with Crippen molar-refractivity contribution in [2.24, 2.45) is 11.7 Å². The second-order valence-corrected chi connectivity index (χ2v) is 8.14. The van der Waals surface area contributed by atoms with Crippen molar-refractivity contribution >= 4 is 29.7 Å². The van der Waals surface area contributed by atoms with Crippen molar-refractivity contribution in [3.8, 4) is 0 Å². The first-order valence-electron chi connectivity index (χ1n) is 10.5. The highest BCUT2D eigenvalue weighted by molar-refractivity contribution is 5.94. The molecule has 184 valence electrons. The molecule has 0 radical (unpaired) electrons. The SMILES string of the molecule is CC(C)CC(NC(=O)C(N)Cc1cnc[nH]1)C(=O)NC(CCC(=O)O)C(=O)NC(C)C(=O)O. The molecule has 0 saturated heterocycles. The Morgan fingerprint density at radius 2 is 1.61 bits per heavy atom. The lowest BCUT2D eigenvalue weighted by atomic mass is 10.0. The number of rotatable bonds is 14. The van der Waals surface area contributed by atoms with Gasteiger partial charge >= 0.3 is 11.9 Å². The number of hydrogen-bond acceptors (Lipinski definition) is 7. The summed E-state index contributed by atoms with van der Waals surface area (Å²) in [6.45, 7) is 4.90. The van der Waals surface area contributed by atoms with Crippen molar-refractivity contribution in [2.75, 3.05) is 0 Å². The zero-order valence-corrected chi connectivity index (χ0v) is 18.8. The van der Waals surface area contributed by atoms with E-state index in [1.165, 1.54) is 19.4 Å². The van der Waals surface area contributed by atoms with Gasteiger partial charge in [0, 0.05) is 24.7 Å². The topological polar surface area (TPSA) is 217 Å². The Labute approximate surface area is 190 Å². The van der Waals surface area contributed by atoms with Gasteiger partial charge in [0.15, 0.2) is 0 Å². The summed E-state index contributed by atoms with van der Waals surface area (Å²) >= 11 is 0. The molecule has 0 fully saturated rings. The largest absolute Gasteiger partial charge is 0.481 e. The highest BCUT2D eigenvalue weighted by Crippen LogP contribution is 2.08. The van der Waals surface area contributed by atoms with Gasteiger partial charge in [-0.05, 0) is 25.7 Å². The van der Waals surface area contributed by atoms with Crippen LogP contribution in [-0.4, -0.2) is 74.0 Å². The number of nitrogens with two attached hydrogens (primary N) is 1. The molecule has 1 aromatic rings. The van der Waals surface area contributed by atoms with Gasteiger partial charge < -0.3 is 36.9 Å². The number of nitrogens with one attached hydrogen (secondary N) is 4. The van der Waals surface area contributed by atoms with Crippen LogP contribution in [0.4, 0.5) is 0 Å². The quantitative estimate of drug-likeness (QED) is 0.173. The number of aliphatic carboxylic acids is 2. The third kappa shape index (κ3) is 10.1. The zero-order chi connectivity index (χ0) is 25.1. The predicted molar refractivity (Wildman–Crippen MR) is 116 cm³/mol. The van der Waals surface area contributed by atoms with Gasteiger partial charge in [0.25, 0.3) is 0 Å². The van der Waals surface area contributed by atoms with E-state index in [4.69, 9.17) is 15.9 Å². The predicted octanol–water partition coefficient (Wildman–Crippen LogP) is -1.25.